The maximum absolute atomic E-state index is 12.9. The number of carboxylic acids is 1. The van der Waals surface area contributed by atoms with Crippen LogP contribution in [0.25, 0.3) is 27.9 Å². The third-order valence-electron chi connectivity index (χ3n) is 4.67. The van der Waals surface area contributed by atoms with Crippen LogP contribution in [0.15, 0.2) is 48.5 Å². The normalized spacial score (nSPS) is 11.1. The molecule has 1 amide bonds. The van der Waals surface area contributed by atoms with Crippen molar-refractivity contribution in [1.29, 1.82) is 0 Å². The molecule has 4 rings (SSSR count). The van der Waals surface area contributed by atoms with Gasteiger partial charge in [0.15, 0.2) is 5.65 Å². The Morgan fingerprint density at radius 2 is 1.87 bits per heavy atom. The second kappa shape index (κ2) is 7.80. The molecule has 0 aliphatic rings. The number of nitrogen functional groups attached to an aromatic ring is 1. The minimum atomic E-state index is -1.07. The number of methoxy groups -OCH3 is 1. The lowest BCUT2D eigenvalue weighted by atomic mass is 10.2. The summed E-state index contributed by atoms with van der Waals surface area (Å²) >= 11 is 0. The number of carboxylic acid groups (broad SMARTS) is 1. The number of amides is 1. The Hall–Kier alpha value is -3.98. The Morgan fingerprint density at radius 3 is 2.57 bits per heavy atom. The number of anilines is 1. The van der Waals surface area contributed by atoms with Crippen LogP contribution in [0.5, 0.6) is 0 Å². The number of fused-ring (bicyclic) bond motifs is 2. The molecule has 0 spiro atoms. The van der Waals surface area contributed by atoms with Gasteiger partial charge in [0.25, 0.3) is 5.91 Å². The van der Waals surface area contributed by atoms with Crippen LogP contribution in [0, 0.1) is 0 Å². The number of aromatic nitrogens is 3. The third kappa shape index (κ3) is 3.31. The predicted octanol–water partition coefficient (Wildman–Crippen LogP) is 2.23. The maximum atomic E-state index is 12.9. The molecule has 2 aromatic heterocycles. The van der Waals surface area contributed by atoms with Gasteiger partial charge in [-0.2, -0.15) is 0 Å². The van der Waals surface area contributed by atoms with Crippen molar-refractivity contribution >= 4 is 39.9 Å². The van der Waals surface area contributed by atoms with E-state index >= 15 is 0 Å². The number of rotatable bonds is 6. The molecule has 0 bridgehead atoms. The van der Waals surface area contributed by atoms with E-state index in [0.29, 0.717) is 41.0 Å². The van der Waals surface area contributed by atoms with Gasteiger partial charge in [0.05, 0.1) is 23.2 Å². The number of hydrogen-bond acceptors (Lipinski definition) is 6. The van der Waals surface area contributed by atoms with Crippen molar-refractivity contribution < 1.29 is 19.4 Å². The zero-order valence-electron chi connectivity index (χ0n) is 16.1. The summed E-state index contributed by atoms with van der Waals surface area (Å²) in [5.41, 5.74) is 9.08. The molecular formula is C21H19N5O4. The molecular weight excluding hydrogens is 386 g/mol. The molecule has 0 fully saturated rings. The third-order valence-corrected chi connectivity index (χ3v) is 4.67. The number of nitrogens with zero attached hydrogens (tertiary/aromatic N) is 3. The van der Waals surface area contributed by atoms with Crippen molar-refractivity contribution in [2.24, 2.45) is 0 Å². The van der Waals surface area contributed by atoms with Gasteiger partial charge in [0.2, 0.25) is 0 Å². The fourth-order valence-electron chi connectivity index (χ4n) is 3.28. The van der Waals surface area contributed by atoms with E-state index in [9.17, 15) is 14.7 Å². The Balaban J connectivity index is 1.98. The van der Waals surface area contributed by atoms with E-state index in [-0.39, 0.29) is 16.9 Å². The van der Waals surface area contributed by atoms with E-state index in [4.69, 9.17) is 10.5 Å². The highest BCUT2D eigenvalue weighted by Gasteiger charge is 2.25. The molecule has 0 aliphatic heterocycles. The number of carbonyl (C=O) groups excluding carboxylic acids is 1. The van der Waals surface area contributed by atoms with E-state index in [0.717, 1.165) is 0 Å². The summed E-state index contributed by atoms with van der Waals surface area (Å²) < 4.78 is 6.53. The lowest BCUT2D eigenvalue weighted by Gasteiger charge is -2.09. The molecule has 0 aliphatic carbocycles. The van der Waals surface area contributed by atoms with Crippen molar-refractivity contribution in [3.05, 3.63) is 59.7 Å². The summed E-state index contributed by atoms with van der Waals surface area (Å²) in [4.78, 5) is 33.6. The average molecular weight is 405 g/mol. The molecule has 9 heteroatoms. The Labute approximate surface area is 171 Å². The van der Waals surface area contributed by atoms with Gasteiger partial charge in [-0.15, -0.1) is 0 Å². The first-order chi connectivity index (χ1) is 14.5. The van der Waals surface area contributed by atoms with Crippen LogP contribution < -0.4 is 11.1 Å². The summed E-state index contributed by atoms with van der Waals surface area (Å²) in [5, 5.41) is 12.1. The maximum Gasteiger partial charge on any atom is 0.335 e. The lowest BCUT2D eigenvalue weighted by molar-refractivity contribution is 0.0696. The zero-order valence-corrected chi connectivity index (χ0v) is 16.1. The monoisotopic (exact) mass is 405 g/mol. The molecule has 2 aromatic carbocycles. The van der Waals surface area contributed by atoms with Gasteiger partial charge >= 0.3 is 5.97 Å². The van der Waals surface area contributed by atoms with Crippen molar-refractivity contribution in [2.75, 3.05) is 26.0 Å². The first-order valence-corrected chi connectivity index (χ1v) is 9.18. The molecule has 9 nitrogen and oxygen atoms in total. The standard InChI is InChI=1S/C21H19N5O4/c1-30-10-9-23-20(27)16-17-19(25-15-8-3-2-7-14(15)24-17)26(18(16)22)13-6-4-5-12(11-13)21(28)29/h2-8,11H,9-10,22H2,1H3,(H,23,27)(H,28,29). The lowest BCUT2D eigenvalue weighted by Crippen LogP contribution is -2.27. The number of hydrogen-bond donors (Lipinski definition) is 3. The second-order valence-corrected chi connectivity index (χ2v) is 6.58. The van der Waals surface area contributed by atoms with E-state index in [1.54, 1.807) is 35.9 Å². The number of carbonyl (C=O) groups is 2. The highest BCUT2D eigenvalue weighted by molar-refractivity contribution is 6.11. The molecule has 0 saturated carbocycles. The van der Waals surface area contributed by atoms with Gasteiger partial charge in [-0.1, -0.05) is 18.2 Å². The number of nitrogens with one attached hydrogen (secondary N) is 1. The van der Waals surface area contributed by atoms with Gasteiger partial charge < -0.3 is 20.9 Å². The van der Waals surface area contributed by atoms with Crippen LogP contribution in [0.3, 0.4) is 0 Å². The zero-order chi connectivity index (χ0) is 21.3. The Kier molecular flexibility index (Phi) is 5.03. The van der Waals surface area contributed by atoms with E-state index in [1.807, 2.05) is 12.1 Å². The quantitative estimate of drug-likeness (QED) is 0.419. The van der Waals surface area contributed by atoms with Crippen LogP contribution in [0.4, 0.5) is 5.82 Å². The molecule has 0 saturated heterocycles. The van der Waals surface area contributed by atoms with E-state index < -0.39 is 11.9 Å². The first kappa shape index (κ1) is 19.3. The van der Waals surface area contributed by atoms with E-state index in [2.05, 4.69) is 15.3 Å². The van der Waals surface area contributed by atoms with Gasteiger partial charge in [-0.25, -0.2) is 14.8 Å². The molecule has 4 aromatic rings. The molecule has 0 atom stereocenters. The summed E-state index contributed by atoms with van der Waals surface area (Å²) in [6.07, 6.45) is 0. The molecule has 152 valence electrons. The highest BCUT2D eigenvalue weighted by Crippen LogP contribution is 2.31. The fourth-order valence-corrected chi connectivity index (χ4v) is 3.28. The van der Waals surface area contributed by atoms with Gasteiger partial charge in [-0.05, 0) is 30.3 Å². The molecule has 0 unspecified atom stereocenters. The topological polar surface area (TPSA) is 132 Å². The van der Waals surface area contributed by atoms with Crippen LogP contribution in [0.1, 0.15) is 20.7 Å². The molecule has 2 heterocycles. The highest BCUT2D eigenvalue weighted by atomic mass is 16.5. The number of aromatic carboxylic acids is 1. The summed E-state index contributed by atoms with van der Waals surface area (Å²) in [6, 6.07) is 13.5. The number of benzene rings is 2. The van der Waals surface area contributed by atoms with Gasteiger partial charge in [0.1, 0.15) is 16.9 Å². The summed E-state index contributed by atoms with van der Waals surface area (Å²) in [7, 11) is 1.54. The van der Waals surface area contributed by atoms with Crippen LogP contribution in [0.2, 0.25) is 0 Å². The smallest absolute Gasteiger partial charge is 0.335 e. The number of para-hydroxylation sites is 2. The van der Waals surface area contributed by atoms with Crippen LogP contribution in [-0.4, -0.2) is 51.8 Å². The van der Waals surface area contributed by atoms with Crippen LogP contribution >= 0.6 is 0 Å². The van der Waals surface area contributed by atoms with Crippen molar-refractivity contribution in [2.45, 2.75) is 0 Å². The van der Waals surface area contributed by atoms with Gasteiger partial charge in [0, 0.05) is 19.3 Å². The predicted molar refractivity (Wildman–Crippen MR) is 112 cm³/mol. The fraction of sp³-hybridized carbons (Fsp3) is 0.143. The van der Waals surface area contributed by atoms with Crippen molar-refractivity contribution in [1.82, 2.24) is 19.9 Å². The number of ether oxygens (including phenoxy) is 1. The summed E-state index contributed by atoms with van der Waals surface area (Å²) in [6.45, 7) is 0.649. The minimum Gasteiger partial charge on any atom is -0.478 e. The SMILES string of the molecule is COCCNC(=O)c1c(N)n(-c2cccc(C(=O)O)c2)c2nc3ccccc3nc12. The second-order valence-electron chi connectivity index (χ2n) is 6.58. The molecule has 30 heavy (non-hydrogen) atoms. The van der Waals surface area contributed by atoms with Crippen molar-refractivity contribution in [3.63, 3.8) is 0 Å². The van der Waals surface area contributed by atoms with Gasteiger partial charge in [-0.3, -0.25) is 9.36 Å². The molecule has 4 N–H and O–H groups in total. The largest absolute Gasteiger partial charge is 0.478 e. The minimum absolute atomic E-state index is 0.0913. The van der Waals surface area contributed by atoms with Crippen molar-refractivity contribution in [3.8, 4) is 5.69 Å². The summed E-state index contributed by atoms with van der Waals surface area (Å²) in [5.74, 6) is -1.36. The number of nitrogens with two attached hydrogens (primary N) is 1. The first-order valence-electron chi connectivity index (χ1n) is 9.18. The van der Waals surface area contributed by atoms with E-state index in [1.165, 1.54) is 12.1 Å². The van der Waals surface area contributed by atoms with Crippen LogP contribution in [-0.2, 0) is 4.74 Å². The average Bonchev–Trinajstić information content (AvgIpc) is 3.03. The Bertz CT molecular complexity index is 1280. The molecule has 0 radical (unpaired) electrons. The Morgan fingerprint density at radius 1 is 1.13 bits per heavy atom.